The molecule has 2 aliphatic rings. The van der Waals surface area contributed by atoms with Gasteiger partial charge in [0.15, 0.2) is 0 Å². The van der Waals surface area contributed by atoms with Crippen molar-refractivity contribution in [1.82, 2.24) is 29.9 Å². The van der Waals surface area contributed by atoms with Gasteiger partial charge in [-0.1, -0.05) is 11.6 Å². The van der Waals surface area contributed by atoms with Gasteiger partial charge in [-0.3, -0.25) is 9.78 Å². The number of amides is 1. The second kappa shape index (κ2) is 10.5. The molecule has 1 saturated carbocycles. The molecule has 2 N–H and O–H groups in total. The number of hydrogen-bond donors (Lipinski definition) is 2. The highest BCUT2D eigenvalue weighted by Crippen LogP contribution is 2.45. The molecular formula is C30H31ClN8O3. The Hall–Kier alpha value is -4.27. The van der Waals surface area contributed by atoms with Crippen molar-refractivity contribution in [2.24, 2.45) is 11.8 Å². The lowest BCUT2D eigenvalue weighted by atomic mass is 9.97. The molecule has 1 aliphatic carbocycles. The van der Waals surface area contributed by atoms with Gasteiger partial charge in [0.1, 0.15) is 29.9 Å². The number of fused-ring (bicyclic) bond motifs is 2. The number of aromatic nitrogens is 5. The van der Waals surface area contributed by atoms with Crippen LogP contribution in [0.15, 0.2) is 49.2 Å². The van der Waals surface area contributed by atoms with Crippen LogP contribution in [0.5, 0.6) is 5.75 Å². The number of carbonyl (C=O) groups is 1. The molecule has 6 rings (SSSR count). The van der Waals surface area contributed by atoms with E-state index in [0.717, 1.165) is 31.7 Å². The number of nitrogens with zero attached hydrogens (tertiary/aromatic N) is 7. The third-order valence-corrected chi connectivity index (χ3v) is 8.23. The zero-order valence-electron chi connectivity index (χ0n) is 23.6. The van der Waals surface area contributed by atoms with Gasteiger partial charge in [-0.15, -0.1) is 0 Å². The summed E-state index contributed by atoms with van der Waals surface area (Å²) in [6.45, 7) is 7.15. The van der Waals surface area contributed by atoms with Gasteiger partial charge in [-0.25, -0.2) is 14.5 Å². The highest BCUT2D eigenvalue weighted by molar-refractivity contribution is 6.33. The largest absolute Gasteiger partial charge is 0.489 e. The van der Waals surface area contributed by atoms with E-state index in [-0.39, 0.29) is 23.7 Å². The van der Waals surface area contributed by atoms with Crippen LogP contribution in [-0.4, -0.2) is 66.4 Å². The maximum absolute atomic E-state index is 12.9. The number of aliphatic hydroxyl groups is 1. The molecule has 3 atom stereocenters. The van der Waals surface area contributed by atoms with Gasteiger partial charge in [-0.2, -0.15) is 10.4 Å². The van der Waals surface area contributed by atoms with Gasteiger partial charge < -0.3 is 20.1 Å². The van der Waals surface area contributed by atoms with Crippen molar-refractivity contribution >= 4 is 28.8 Å². The molecule has 1 aliphatic heterocycles. The first-order valence-electron chi connectivity index (χ1n) is 13.8. The van der Waals surface area contributed by atoms with Crippen molar-refractivity contribution < 1.29 is 14.6 Å². The molecule has 5 heterocycles. The second-order valence-corrected chi connectivity index (χ2v) is 12.5. The smallest absolute Gasteiger partial charge is 0.271 e. The van der Waals surface area contributed by atoms with Crippen LogP contribution >= 0.6 is 11.6 Å². The SMILES string of the molecule is CC(C)(O)COc1cc(-c2cnc(N3C[C@@H]4CC(C)(NC(=O)c5ncccc5Cl)C[C@@H]4C3)cn2)c2c(C#N)cnn2c1. The predicted octanol–water partition coefficient (Wildman–Crippen LogP) is 3.90. The number of halogens is 1. The first-order valence-corrected chi connectivity index (χ1v) is 14.2. The van der Waals surface area contributed by atoms with E-state index in [1.165, 1.54) is 6.20 Å². The van der Waals surface area contributed by atoms with Gasteiger partial charge in [0.25, 0.3) is 5.91 Å². The van der Waals surface area contributed by atoms with E-state index in [0.29, 0.717) is 44.9 Å². The molecule has 4 aromatic rings. The number of pyridine rings is 2. The predicted molar refractivity (Wildman–Crippen MR) is 156 cm³/mol. The summed E-state index contributed by atoms with van der Waals surface area (Å²) in [4.78, 5) is 28.7. The summed E-state index contributed by atoms with van der Waals surface area (Å²) in [6.07, 6.45) is 9.91. The fraction of sp³-hybridized carbons (Fsp3) is 0.400. The molecule has 0 bridgehead atoms. The van der Waals surface area contributed by atoms with Crippen LogP contribution in [0.1, 0.15) is 49.7 Å². The van der Waals surface area contributed by atoms with Gasteiger partial charge >= 0.3 is 0 Å². The number of hydrogen-bond acceptors (Lipinski definition) is 9. The topological polar surface area (TPSA) is 142 Å². The Kier molecular flexibility index (Phi) is 6.99. The van der Waals surface area contributed by atoms with Crippen molar-refractivity contribution in [1.29, 1.82) is 5.26 Å². The van der Waals surface area contributed by atoms with Crippen molar-refractivity contribution in [3.05, 3.63) is 65.5 Å². The lowest BCUT2D eigenvalue weighted by Gasteiger charge is -2.28. The van der Waals surface area contributed by atoms with Crippen molar-refractivity contribution in [3.8, 4) is 23.1 Å². The fourth-order valence-electron chi connectivity index (χ4n) is 6.15. The van der Waals surface area contributed by atoms with Gasteiger partial charge in [0.2, 0.25) is 0 Å². The maximum atomic E-state index is 12.9. The third-order valence-electron chi connectivity index (χ3n) is 7.93. The van der Waals surface area contributed by atoms with E-state index in [1.807, 2.05) is 0 Å². The average molecular weight is 587 g/mol. The number of nitriles is 1. The van der Waals surface area contributed by atoms with Crippen molar-refractivity contribution in [2.45, 2.75) is 44.8 Å². The van der Waals surface area contributed by atoms with Crippen LogP contribution in [-0.2, 0) is 0 Å². The summed E-state index contributed by atoms with van der Waals surface area (Å²) in [5.41, 5.74) is 1.17. The van der Waals surface area contributed by atoms with Crippen LogP contribution < -0.4 is 15.0 Å². The van der Waals surface area contributed by atoms with E-state index in [4.69, 9.17) is 26.3 Å². The summed E-state index contributed by atoms with van der Waals surface area (Å²) < 4.78 is 7.40. The van der Waals surface area contributed by atoms with E-state index in [1.54, 1.807) is 61.3 Å². The van der Waals surface area contributed by atoms with E-state index in [9.17, 15) is 15.2 Å². The van der Waals surface area contributed by atoms with Crippen molar-refractivity contribution in [3.63, 3.8) is 0 Å². The van der Waals surface area contributed by atoms with E-state index >= 15 is 0 Å². The summed E-state index contributed by atoms with van der Waals surface area (Å²) >= 11 is 6.18. The zero-order chi connectivity index (χ0) is 29.6. The average Bonchev–Trinajstić information content (AvgIpc) is 3.62. The molecular weight excluding hydrogens is 556 g/mol. The van der Waals surface area contributed by atoms with E-state index < -0.39 is 5.60 Å². The first kappa shape index (κ1) is 27.9. The second-order valence-electron chi connectivity index (χ2n) is 12.1. The molecule has 0 aromatic carbocycles. The Bertz CT molecular complexity index is 1680. The van der Waals surface area contributed by atoms with Crippen molar-refractivity contribution in [2.75, 3.05) is 24.6 Å². The Labute approximate surface area is 248 Å². The molecule has 216 valence electrons. The minimum Gasteiger partial charge on any atom is -0.489 e. The summed E-state index contributed by atoms with van der Waals surface area (Å²) in [5, 5.41) is 27.6. The highest BCUT2D eigenvalue weighted by atomic mass is 35.5. The molecule has 1 amide bonds. The van der Waals surface area contributed by atoms with E-state index in [2.05, 4.69) is 33.3 Å². The molecule has 0 spiro atoms. The van der Waals surface area contributed by atoms with Crippen LogP contribution in [0.4, 0.5) is 5.82 Å². The molecule has 2 fully saturated rings. The summed E-state index contributed by atoms with van der Waals surface area (Å²) in [6, 6.07) is 7.36. The standard InChI is InChI=1S/C30H31ClN8O3/c1-29(2,41)17-42-21-7-22(27-20(10-32)11-36-39(27)16-21)24-12-35-25(13-34-24)38-14-18-8-30(3,9-19(18)15-38)37-28(40)26-23(31)5-4-6-33-26/h4-7,11-13,16,18-19,41H,8-9,14-15,17H2,1-3H3,(H,37,40)/t18-,19+,30?. The quantitative estimate of drug-likeness (QED) is 0.330. The Morgan fingerprint density at radius 1 is 1.24 bits per heavy atom. The Morgan fingerprint density at radius 3 is 2.64 bits per heavy atom. The lowest BCUT2D eigenvalue weighted by Crippen LogP contribution is -2.45. The Balaban J connectivity index is 1.17. The minimum atomic E-state index is -1.01. The van der Waals surface area contributed by atoms with Crippen LogP contribution in [0.2, 0.25) is 5.02 Å². The summed E-state index contributed by atoms with van der Waals surface area (Å²) in [5.74, 6) is 1.84. The number of rotatable bonds is 7. The fourth-order valence-corrected chi connectivity index (χ4v) is 6.36. The molecule has 0 radical (unpaired) electrons. The molecule has 42 heavy (non-hydrogen) atoms. The number of anilines is 1. The molecule has 1 saturated heterocycles. The minimum absolute atomic E-state index is 0.0891. The third kappa shape index (κ3) is 5.47. The number of nitrogens with one attached hydrogen (secondary N) is 1. The molecule has 11 nitrogen and oxygen atoms in total. The van der Waals surface area contributed by atoms with Gasteiger partial charge in [0, 0.05) is 30.4 Å². The monoisotopic (exact) mass is 586 g/mol. The molecule has 4 aromatic heterocycles. The van der Waals surface area contributed by atoms with Crippen LogP contribution in [0.3, 0.4) is 0 Å². The van der Waals surface area contributed by atoms with Gasteiger partial charge in [-0.05, 0) is 63.6 Å². The zero-order valence-corrected chi connectivity index (χ0v) is 24.3. The lowest BCUT2D eigenvalue weighted by molar-refractivity contribution is 0.0283. The normalized spacial score (nSPS) is 21.8. The Morgan fingerprint density at radius 2 is 2.00 bits per heavy atom. The first-order chi connectivity index (χ1) is 20.0. The number of carbonyl (C=O) groups excluding carboxylic acids is 1. The molecule has 1 unspecified atom stereocenters. The highest BCUT2D eigenvalue weighted by Gasteiger charge is 2.48. The van der Waals surface area contributed by atoms with Crippen LogP contribution in [0, 0.1) is 23.2 Å². The maximum Gasteiger partial charge on any atom is 0.271 e. The van der Waals surface area contributed by atoms with Crippen LogP contribution in [0.25, 0.3) is 16.8 Å². The number of ether oxygens (including phenoxy) is 1. The van der Waals surface area contributed by atoms with Gasteiger partial charge in [0.05, 0.1) is 52.2 Å². The summed E-state index contributed by atoms with van der Waals surface area (Å²) in [7, 11) is 0. The molecule has 12 heteroatoms.